The largest absolute Gasteiger partial charge is 0.464 e. The SMILES string of the molecule is C=CCC(=O)OCCN1CCOC1. The molecular weight excluding hydrogens is 170 g/mol. The lowest BCUT2D eigenvalue weighted by atomic mass is 10.4. The van der Waals surface area contributed by atoms with Gasteiger partial charge in [-0.15, -0.1) is 6.58 Å². The Morgan fingerprint density at radius 1 is 1.69 bits per heavy atom. The second kappa shape index (κ2) is 5.72. The van der Waals surface area contributed by atoms with E-state index in [4.69, 9.17) is 9.47 Å². The van der Waals surface area contributed by atoms with Crippen LogP contribution in [0.15, 0.2) is 12.7 Å². The van der Waals surface area contributed by atoms with Gasteiger partial charge in [-0.05, 0) is 0 Å². The van der Waals surface area contributed by atoms with Gasteiger partial charge in [0.1, 0.15) is 6.61 Å². The molecule has 0 aliphatic carbocycles. The third kappa shape index (κ3) is 4.05. The highest BCUT2D eigenvalue weighted by atomic mass is 16.5. The first-order valence-corrected chi connectivity index (χ1v) is 4.39. The van der Waals surface area contributed by atoms with E-state index in [0.29, 0.717) is 13.3 Å². The van der Waals surface area contributed by atoms with Crippen LogP contribution in [-0.4, -0.2) is 43.9 Å². The Kier molecular flexibility index (Phi) is 4.49. The van der Waals surface area contributed by atoms with E-state index in [2.05, 4.69) is 11.5 Å². The van der Waals surface area contributed by atoms with E-state index in [1.54, 1.807) is 6.08 Å². The van der Waals surface area contributed by atoms with Crippen molar-refractivity contribution in [2.75, 3.05) is 33.0 Å². The van der Waals surface area contributed by atoms with Gasteiger partial charge in [-0.1, -0.05) is 6.08 Å². The van der Waals surface area contributed by atoms with Gasteiger partial charge in [0.25, 0.3) is 0 Å². The summed E-state index contributed by atoms with van der Waals surface area (Å²) in [6.07, 6.45) is 1.83. The van der Waals surface area contributed by atoms with E-state index in [1.165, 1.54) is 0 Å². The van der Waals surface area contributed by atoms with Crippen molar-refractivity contribution < 1.29 is 14.3 Å². The van der Waals surface area contributed by atoms with Gasteiger partial charge in [-0.3, -0.25) is 9.69 Å². The van der Waals surface area contributed by atoms with E-state index in [9.17, 15) is 4.79 Å². The van der Waals surface area contributed by atoms with Crippen LogP contribution in [0.1, 0.15) is 6.42 Å². The fourth-order valence-electron chi connectivity index (χ4n) is 1.09. The Hall–Kier alpha value is -0.870. The van der Waals surface area contributed by atoms with Crippen LogP contribution in [0.4, 0.5) is 0 Å². The Bertz CT molecular complexity index is 176. The zero-order valence-electron chi connectivity index (χ0n) is 7.70. The first-order valence-electron chi connectivity index (χ1n) is 4.39. The third-order valence-electron chi connectivity index (χ3n) is 1.81. The maximum atomic E-state index is 10.9. The number of esters is 1. The van der Waals surface area contributed by atoms with Crippen molar-refractivity contribution in [3.63, 3.8) is 0 Å². The second-order valence-electron chi connectivity index (χ2n) is 2.87. The molecule has 1 aliphatic heterocycles. The normalized spacial score (nSPS) is 17.2. The van der Waals surface area contributed by atoms with Crippen molar-refractivity contribution >= 4 is 5.97 Å². The van der Waals surface area contributed by atoms with Crippen LogP contribution in [-0.2, 0) is 14.3 Å². The average molecular weight is 185 g/mol. The number of hydrogen-bond donors (Lipinski definition) is 0. The van der Waals surface area contributed by atoms with E-state index >= 15 is 0 Å². The van der Waals surface area contributed by atoms with Crippen molar-refractivity contribution in [1.29, 1.82) is 0 Å². The van der Waals surface area contributed by atoms with E-state index in [1.807, 2.05) is 0 Å². The topological polar surface area (TPSA) is 38.8 Å². The summed E-state index contributed by atoms with van der Waals surface area (Å²) >= 11 is 0. The molecule has 0 bridgehead atoms. The molecule has 1 fully saturated rings. The van der Waals surface area contributed by atoms with Gasteiger partial charge in [0.15, 0.2) is 0 Å². The van der Waals surface area contributed by atoms with Gasteiger partial charge in [0.2, 0.25) is 0 Å². The maximum absolute atomic E-state index is 10.9. The molecule has 74 valence electrons. The van der Waals surface area contributed by atoms with E-state index in [-0.39, 0.29) is 12.4 Å². The molecule has 0 aromatic rings. The molecule has 1 rings (SSSR count). The summed E-state index contributed by atoms with van der Waals surface area (Å²) in [5.74, 6) is -0.213. The highest BCUT2D eigenvalue weighted by molar-refractivity contribution is 5.70. The number of carbonyl (C=O) groups excluding carboxylic acids is 1. The summed E-state index contributed by atoms with van der Waals surface area (Å²) in [5.41, 5.74) is 0. The second-order valence-corrected chi connectivity index (χ2v) is 2.87. The van der Waals surface area contributed by atoms with Crippen molar-refractivity contribution in [2.24, 2.45) is 0 Å². The molecule has 0 spiro atoms. The number of nitrogens with zero attached hydrogens (tertiary/aromatic N) is 1. The monoisotopic (exact) mass is 185 g/mol. The first kappa shape index (κ1) is 10.2. The number of carbonyl (C=O) groups is 1. The van der Waals surface area contributed by atoms with Gasteiger partial charge < -0.3 is 9.47 Å². The van der Waals surface area contributed by atoms with Gasteiger partial charge in [-0.25, -0.2) is 0 Å². The maximum Gasteiger partial charge on any atom is 0.309 e. The van der Waals surface area contributed by atoms with E-state index < -0.39 is 0 Å². The summed E-state index contributed by atoms with van der Waals surface area (Å²) in [5, 5.41) is 0. The molecule has 0 N–H and O–H groups in total. The lowest BCUT2D eigenvalue weighted by molar-refractivity contribution is -0.143. The Morgan fingerprint density at radius 3 is 3.15 bits per heavy atom. The third-order valence-corrected chi connectivity index (χ3v) is 1.81. The quantitative estimate of drug-likeness (QED) is 0.459. The number of ether oxygens (including phenoxy) is 2. The lowest BCUT2D eigenvalue weighted by Gasteiger charge is -2.12. The van der Waals surface area contributed by atoms with Crippen LogP contribution in [0.2, 0.25) is 0 Å². The summed E-state index contributed by atoms with van der Waals surface area (Å²) in [7, 11) is 0. The van der Waals surface area contributed by atoms with Gasteiger partial charge >= 0.3 is 5.97 Å². The Morgan fingerprint density at radius 2 is 2.54 bits per heavy atom. The molecule has 0 radical (unpaired) electrons. The molecule has 0 unspecified atom stereocenters. The summed E-state index contributed by atoms with van der Waals surface area (Å²) in [6, 6.07) is 0. The molecule has 0 aromatic heterocycles. The van der Waals surface area contributed by atoms with Crippen LogP contribution in [0, 0.1) is 0 Å². The van der Waals surface area contributed by atoms with Crippen molar-refractivity contribution in [1.82, 2.24) is 4.90 Å². The molecule has 0 amide bonds. The predicted molar refractivity (Wildman–Crippen MR) is 48.2 cm³/mol. The first-order chi connectivity index (χ1) is 6.33. The highest BCUT2D eigenvalue weighted by Gasteiger charge is 2.11. The van der Waals surface area contributed by atoms with Crippen LogP contribution in [0.3, 0.4) is 0 Å². The average Bonchev–Trinajstić information content (AvgIpc) is 2.57. The zero-order chi connectivity index (χ0) is 9.52. The van der Waals surface area contributed by atoms with Gasteiger partial charge in [-0.2, -0.15) is 0 Å². The Labute approximate surface area is 78.1 Å². The molecule has 1 aliphatic rings. The van der Waals surface area contributed by atoms with Crippen molar-refractivity contribution in [3.8, 4) is 0 Å². The number of rotatable bonds is 5. The standard InChI is InChI=1S/C9H15NO3/c1-2-3-9(11)13-7-5-10-4-6-12-8-10/h2H,1,3-8H2. The molecular formula is C9H15NO3. The zero-order valence-corrected chi connectivity index (χ0v) is 7.70. The highest BCUT2D eigenvalue weighted by Crippen LogP contribution is 1.98. The van der Waals surface area contributed by atoms with Gasteiger partial charge in [0, 0.05) is 13.1 Å². The van der Waals surface area contributed by atoms with Crippen molar-refractivity contribution in [3.05, 3.63) is 12.7 Å². The fraction of sp³-hybridized carbons (Fsp3) is 0.667. The van der Waals surface area contributed by atoms with Crippen molar-refractivity contribution in [2.45, 2.75) is 6.42 Å². The predicted octanol–water partition coefficient (Wildman–Crippen LogP) is 0.395. The molecule has 0 aromatic carbocycles. The smallest absolute Gasteiger partial charge is 0.309 e. The molecule has 1 saturated heterocycles. The lowest BCUT2D eigenvalue weighted by Crippen LogP contribution is -2.25. The molecule has 4 nitrogen and oxygen atoms in total. The van der Waals surface area contributed by atoms with Crippen LogP contribution < -0.4 is 0 Å². The molecule has 0 saturated carbocycles. The fourth-order valence-corrected chi connectivity index (χ4v) is 1.09. The minimum Gasteiger partial charge on any atom is -0.464 e. The van der Waals surface area contributed by atoms with E-state index in [0.717, 1.165) is 19.7 Å². The molecule has 1 heterocycles. The summed E-state index contributed by atoms with van der Waals surface area (Å²) in [4.78, 5) is 13.0. The van der Waals surface area contributed by atoms with Gasteiger partial charge in [0.05, 0.1) is 19.8 Å². The molecule has 4 heteroatoms. The van der Waals surface area contributed by atoms with Crippen LogP contribution in [0.25, 0.3) is 0 Å². The van der Waals surface area contributed by atoms with Crippen LogP contribution in [0.5, 0.6) is 0 Å². The molecule has 0 atom stereocenters. The Balaban J connectivity index is 1.99. The minimum absolute atomic E-state index is 0.213. The minimum atomic E-state index is -0.213. The van der Waals surface area contributed by atoms with Crippen LogP contribution >= 0.6 is 0 Å². The summed E-state index contributed by atoms with van der Waals surface area (Å²) < 4.78 is 10.1. The molecule has 13 heavy (non-hydrogen) atoms. The summed E-state index contributed by atoms with van der Waals surface area (Å²) in [6.45, 7) is 7.01. The number of hydrogen-bond acceptors (Lipinski definition) is 4.